The molecule has 1 aliphatic carbocycles. The molecule has 8 nitrogen and oxygen atoms in total. The molecule has 8 heteroatoms. The van der Waals surface area contributed by atoms with Crippen molar-refractivity contribution in [3.63, 3.8) is 0 Å². The maximum Gasteiger partial charge on any atom is 0.251 e. The van der Waals surface area contributed by atoms with Crippen LogP contribution in [-0.4, -0.2) is 64.2 Å². The zero-order valence-electron chi connectivity index (χ0n) is 19.8. The van der Waals surface area contributed by atoms with Gasteiger partial charge in [-0.2, -0.15) is 0 Å². The average Bonchev–Trinajstić information content (AvgIpc) is 3.29. The Labute approximate surface area is 195 Å². The number of methoxy groups -OCH3 is 2. The lowest BCUT2D eigenvalue weighted by Crippen LogP contribution is -2.47. The molecule has 1 heterocycles. The van der Waals surface area contributed by atoms with Crippen LogP contribution in [0.2, 0.25) is 0 Å². The van der Waals surface area contributed by atoms with Crippen LogP contribution in [0.15, 0.2) is 47.5 Å². The highest BCUT2D eigenvalue weighted by molar-refractivity contribution is 6.04. The van der Waals surface area contributed by atoms with Gasteiger partial charge in [0.2, 0.25) is 0 Å². The predicted molar refractivity (Wildman–Crippen MR) is 130 cm³/mol. The Morgan fingerprint density at radius 2 is 1.85 bits per heavy atom. The van der Waals surface area contributed by atoms with E-state index in [4.69, 9.17) is 14.5 Å². The number of amides is 1. The lowest BCUT2D eigenvalue weighted by Gasteiger charge is -2.34. The van der Waals surface area contributed by atoms with Gasteiger partial charge in [0.25, 0.3) is 5.91 Å². The standard InChI is InChI=1S/C25H33N5O3/c1-29(2)24-22-7-5-6-8-23(22)30(16-27-24)28-19-10-9-17(11-19)15-26-25(31)18-12-20(32-3)14-21(13-18)33-4/h5-8,12-14,17,19,28H,9-11,15-16H2,1-4H3,(H,26,31)/t17-,19+/m1/s1. The molecule has 2 aliphatic rings. The molecule has 0 unspecified atom stereocenters. The second kappa shape index (κ2) is 10.1. The number of aliphatic imine (C=N–C) groups is 1. The first kappa shape index (κ1) is 22.9. The summed E-state index contributed by atoms with van der Waals surface area (Å²) in [4.78, 5) is 19.5. The van der Waals surface area contributed by atoms with E-state index < -0.39 is 0 Å². The highest BCUT2D eigenvalue weighted by Crippen LogP contribution is 2.29. The fraction of sp³-hybridized carbons (Fsp3) is 0.440. The minimum Gasteiger partial charge on any atom is -0.497 e. The van der Waals surface area contributed by atoms with Crippen molar-refractivity contribution in [3.8, 4) is 11.5 Å². The molecule has 2 aromatic carbocycles. The van der Waals surface area contributed by atoms with E-state index in [2.05, 4.69) is 38.9 Å². The molecular weight excluding hydrogens is 418 g/mol. The number of amidine groups is 1. The molecule has 1 amide bonds. The highest BCUT2D eigenvalue weighted by atomic mass is 16.5. The van der Waals surface area contributed by atoms with Gasteiger partial charge in [-0.1, -0.05) is 12.1 Å². The topological polar surface area (TPSA) is 78.4 Å². The van der Waals surface area contributed by atoms with Crippen LogP contribution in [0.3, 0.4) is 0 Å². The van der Waals surface area contributed by atoms with Crippen LogP contribution in [0.4, 0.5) is 5.69 Å². The minimum absolute atomic E-state index is 0.112. The number of fused-ring (bicyclic) bond motifs is 1. The number of hydrogen-bond acceptors (Lipinski definition) is 7. The van der Waals surface area contributed by atoms with Gasteiger partial charge in [0, 0.05) is 43.9 Å². The summed E-state index contributed by atoms with van der Waals surface area (Å²) in [6, 6.07) is 13.9. The monoisotopic (exact) mass is 451 g/mol. The summed E-state index contributed by atoms with van der Waals surface area (Å²) in [5.74, 6) is 2.53. The number of anilines is 1. The molecule has 0 saturated heterocycles. The number of nitrogens with one attached hydrogen (secondary N) is 2. The number of carbonyl (C=O) groups excluding carboxylic acids is 1. The zero-order valence-corrected chi connectivity index (χ0v) is 19.8. The van der Waals surface area contributed by atoms with E-state index in [1.165, 1.54) is 0 Å². The molecule has 0 aromatic heterocycles. The first-order valence-corrected chi connectivity index (χ1v) is 11.3. The summed E-state index contributed by atoms with van der Waals surface area (Å²) in [6.07, 6.45) is 3.14. The molecule has 2 N–H and O–H groups in total. The lowest BCUT2D eigenvalue weighted by molar-refractivity contribution is 0.0946. The smallest absolute Gasteiger partial charge is 0.251 e. The summed E-state index contributed by atoms with van der Waals surface area (Å²) in [5, 5.41) is 5.23. The Bertz CT molecular complexity index is 1000. The average molecular weight is 452 g/mol. The van der Waals surface area contributed by atoms with Crippen molar-refractivity contribution < 1.29 is 14.3 Å². The van der Waals surface area contributed by atoms with Crippen LogP contribution >= 0.6 is 0 Å². The van der Waals surface area contributed by atoms with Gasteiger partial charge in [-0.05, 0) is 49.4 Å². The number of hydrazine groups is 1. The molecule has 1 aliphatic heterocycles. The van der Waals surface area contributed by atoms with Crippen LogP contribution < -0.4 is 25.2 Å². The minimum atomic E-state index is -0.112. The Kier molecular flexibility index (Phi) is 7.03. The summed E-state index contributed by atoms with van der Waals surface area (Å²) in [6.45, 7) is 1.23. The van der Waals surface area contributed by atoms with Crippen molar-refractivity contribution in [2.45, 2.75) is 25.3 Å². The molecule has 33 heavy (non-hydrogen) atoms. The van der Waals surface area contributed by atoms with Crippen LogP contribution in [0.25, 0.3) is 0 Å². The summed E-state index contributed by atoms with van der Waals surface area (Å²) >= 11 is 0. The highest BCUT2D eigenvalue weighted by Gasteiger charge is 2.29. The van der Waals surface area contributed by atoms with Gasteiger partial charge < -0.3 is 19.7 Å². The Balaban J connectivity index is 1.32. The van der Waals surface area contributed by atoms with Crippen LogP contribution in [0, 0.1) is 5.92 Å². The number of ether oxygens (including phenoxy) is 2. The third kappa shape index (κ3) is 5.22. The molecule has 2 atom stereocenters. The van der Waals surface area contributed by atoms with Crippen molar-refractivity contribution in [3.05, 3.63) is 53.6 Å². The molecule has 0 bridgehead atoms. The molecule has 1 fully saturated rings. The van der Waals surface area contributed by atoms with Gasteiger partial charge in [-0.3, -0.25) is 9.80 Å². The molecule has 2 aromatic rings. The normalized spacial score (nSPS) is 19.5. The number of para-hydroxylation sites is 1. The SMILES string of the molecule is COc1cc(OC)cc(C(=O)NC[C@@H]2CC[C@H](NN3CN=C(N(C)C)c4ccccc43)C2)c1. The number of hydrogen-bond donors (Lipinski definition) is 2. The molecule has 4 rings (SSSR count). The summed E-state index contributed by atoms with van der Waals surface area (Å²) in [7, 11) is 7.21. The maximum absolute atomic E-state index is 12.7. The van der Waals surface area contributed by atoms with E-state index in [1.807, 2.05) is 20.2 Å². The fourth-order valence-electron chi connectivity index (χ4n) is 4.57. The Morgan fingerprint density at radius 1 is 1.12 bits per heavy atom. The third-order valence-electron chi connectivity index (χ3n) is 6.27. The number of nitrogens with zero attached hydrogens (tertiary/aromatic N) is 3. The van der Waals surface area contributed by atoms with Gasteiger partial charge in [0.15, 0.2) is 0 Å². The zero-order chi connectivity index (χ0) is 23.4. The van der Waals surface area contributed by atoms with Crippen LogP contribution in [0.5, 0.6) is 11.5 Å². The molecular formula is C25H33N5O3. The van der Waals surface area contributed by atoms with Gasteiger partial charge in [0.1, 0.15) is 24.0 Å². The van der Waals surface area contributed by atoms with Crippen LogP contribution in [-0.2, 0) is 0 Å². The van der Waals surface area contributed by atoms with Crippen molar-refractivity contribution >= 4 is 17.4 Å². The largest absolute Gasteiger partial charge is 0.497 e. The van der Waals surface area contributed by atoms with Crippen LogP contribution in [0.1, 0.15) is 35.2 Å². The summed E-state index contributed by atoms with van der Waals surface area (Å²) < 4.78 is 10.5. The predicted octanol–water partition coefficient (Wildman–Crippen LogP) is 2.89. The molecule has 176 valence electrons. The second-order valence-corrected chi connectivity index (χ2v) is 8.78. The van der Waals surface area contributed by atoms with Crippen molar-refractivity contribution in [1.29, 1.82) is 0 Å². The Hall–Kier alpha value is -3.26. The first-order chi connectivity index (χ1) is 16.0. The number of rotatable bonds is 7. The fourth-order valence-corrected chi connectivity index (χ4v) is 4.57. The van der Waals surface area contributed by atoms with E-state index in [9.17, 15) is 4.79 Å². The van der Waals surface area contributed by atoms with Gasteiger partial charge >= 0.3 is 0 Å². The first-order valence-electron chi connectivity index (χ1n) is 11.3. The van der Waals surface area contributed by atoms with E-state index >= 15 is 0 Å². The lowest BCUT2D eigenvalue weighted by atomic mass is 10.1. The summed E-state index contributed by atoms with van der Waals surface area (Å²) in [5.41, 5.74) is 6.50. The number of carbonyl (C=O) groups is 1. The van der Waals surface area contributed by atoms with Gasteiger partial charge in [-0.15, -0.1) is 0 Å². The van der Waals surface area contributed by atoms with E-state index in [-0.39, 0.29) is 5.91 Å². The maximum atomic E-state index is 12.7. The van der Waals surface area contributed by atoms with Crippen molar-refractivity contribution in [1.82, 2.24) is 15.6 Å². The number of benzene rings is 2. The molecule has 0 spiro atoms. The second-order valence-electron chi connectivity index (χ2n) is 8.78. The van der Waals surface area contributed by atoms with Crippen molar-refractivity contribution in [2.24, 2.45) is 10.9 Å². The van der Waals surface area contributed by atoms with Crippen molar-refractivity contribution in [2.75, 3.05) is 46.5 Å². The van der Waals surface area contributed by atoms with E-state index in [1.54, 1.807) is 32.4 Å². The van der Waals surface area contributed by atoms with Gasteiger partial charge in [-0.25, -0.2) is 10.4 Å². The van der Waals surface area contributed by atoms with E-state index in [0.29, 0.717) is 42.2 Å². The molecule has 0 radical (unpaired) electrons. The molecule has 1 saturated carbocycles. The third-order valence-corrected chi connectivity index (χ3v) is 6.27. The quantitative estimate of drug-likeness (QED) is 0.674. The Morgan fingerprint density at radius 3 is 2.55 bits per heavy atom. The van der Waals surface area contributed by atoms with Gasteiger partial charge in [0.05, 0.1) is 19.9 Å². The van der Waals surface area contributed by atoms with E-state index in [0.717, 1.165) is 36.3 Å².